The molecule has 0 amide bonds. The van der Waals surface area contributed by atoms with Gasteiger partial charge in [-0.25, -0.2) is 9.97 Å². The van der Waals surface area contributed by atoms with Crippen LogP contribution in [0.4, 0.5) is 0 Å². The van der Waals surface area contributed by atoms with Crippen molar-refractivity contribution >= 4 is 21.7 Å². The van der Waals surface area contributed by atoms with Crippen molar-refractivity contribution in [1.29, 1.82) is 0 Å². The molecule has 21 heavy (non-hydrogen) atoms. The largest absolute Gasteiger partial charge is 0.294 e. The highest BCUT2D eigenvalue weighted by atomic mass is 79.9. The first-order chi connectivity index (χ1) is 9.85. The average molecular weight is 345 g/mol. The topological polar surface area (TPSA) is 42.9 Å². The maximum absolute atomic E-state index is 12.2. The summed E-state index contributed by atoms with van der Waals surface area (Å²) in [4.78, 5) is 21.3. The van der Waals surface area contributed by atoms with Gasteiger partial charge in [-0.05, 0) is 42.5 Å². The number of benzene rings is 1. The number of aryl methyl sites for hydroxylation is 1. The van der Waals surface area contributed by atoms with E-state index in [1.807, 2.05) is 25.1 Å². The molecule has 0 saturated carbocycles. The Labute approximate surface area is 133 Å². The number of carbonyl (C=O) groups excluding carboxylic acids is 1. The molecule has 3 rings (SSSR count). The van der Waals surface area contributed by atoms with E-state index < -0.39 is 0 Å². The predicted octanol–water partition coefficient (Wildman–Crippen LogP) is 4.37. The quantitative estimate of drug-likeness (QED) is 0.771. The molecule has 1 aliphatic carbocycles. The smallest absolute Gasteiger partial charge is 0.166 e. The first kappa shape index (κ1) is 14.4. The summed E-state index contributed by atoms with van der Waals surface area (Å²) in [7, 11) is 0. The van der Waals surface area contributed by atoms with Crippen molar-refractivity contribution in [2.45, 2.75) is 33.6 Å². The molecule has 0 spiro atoms. The van der Waals surface area contributed by atoms with Crippen LogP contribution in [0.2, 0.25) is 0 Å². The van der Waals surface area contributed by atoms with Gasteiger partial charge in [0.05, 0.1) is 11.3 Å². The zero-order valence-corrected chi connectivity index (χ0v) is 14.0. The lowest BCUT2D eigenvalue weighted by Gasteiger charge is -2.29. The number of fused-ring (bicyclic) bond motifs is 1. The van der Waals surface area contributed by atoms with E-state index in [9.17, 15) is 4.79 Å². The molecule has 0 unspecified atom stereocenters. The fourth-order valence-corrected chi connectivity index (χ4v) is 3.31. The van der Waals surface area contributed by atoms with Gasteiger partial charge >= 0.3 is 0 Å². The summed E-state index contributed by atoms with van der Waals surface area (Å²) in [5.74, 6) is 0.851. The van der Waals surface area contributed by atoms with Crippen LogP contribution in [0.5, 0.6) is 0 Å². The van der Waals surface area contributed by atoms with Crippen molar-refractivity contribution in [2.24, 2.45) is 5.41 Å². The van der Waals surface area contributed by atoms with Gasteiger partial charge in [0.1, 0.15) is 0 Å². The molecule has 0 N–H and O–H groups in total. The van der Waals surface area contributed by atoms with E-state index in [2.05, 4.69) is 39.7 Å². The molecule has 3 nitrogen and oxygen atoms in total. The molecule has 108 valence electrons. The van der Waals surface area contributed by atoms with Crippen molar-refractivity contribution < 1.29 is 4.79 Å². The van der Waals surface area contributed by atoms with Crippen LogP contribution < -0.4 is 0 Å². The second kappa shape index (κ2) is 5.02. The van der Waals surface area contributed by atoms with Gasteiger partial charge in [-0.2, -0.15) is 0 Å². The molecule has 0 radical (unpaired) electrons. The van der Waals surface area contributed by atoms with Crippen LogP contribution in [0.3, 0.4) is 0 Å². The number of aromatic nitrogens is 2. The van der Waals surface area contributed by atoms with Crippen LogP contribution in [0, 0.1) is 12.3 Å². The van der Waals surface area contributed by atoms with Gasteiger partial charge in [0.2, 0.25) is 0 Å². The van der Waals surface area contributed by atoms with Crippen LogP contribution in [0.1, 0.15) is 41.9 Å². The monoisotopic (exact) mass is 344 g/mol. The Morgan fingerprint density at radius 3 is 2.67 bits per heavy atom. The van der Waals surface area contributed by atoms with Crippen molar-refractivity contribution in [1.82, 2.24) is 9.97 Å². The maximum atomic E-state index is 12.2. The Kier molecular flexibility index (Phi) is 3.44. The third-order valence-corrected chi connectivity index (χ3v) is 4.38. The Hall–Kier alpha value is -1.55. The van der Waals surface area contributed by atoms with E-state index in [4.69, 9.17) is 0 Å². The zero-order valence-electron chi connectivity index (χ0n) is 12.4. The summed E-state index contributed by atoms with van der Waals surface area (Å²) < 4.78 is 1.04. The van der Waals surface area contributed by atoms with Crippen LogP contribution in [0.25, 0.3) is 11.4 Å². The van der Waals surface area contributed by atoms with Gasteiger partial charge in [-0.1, -0.05) is 29.8 Å². The van der Waals surface area contributed by atoms with E-state index in [0.717, 1.165) is 27.7 Å². The van der Waals surface area contributed by atoms with Crippen LogP contribution in [-0.4, -0.2) is 15.8 Å². The summed E-state index contributed by atoms with van der Waals surface area (Å²) in [5, 5.41) is 0. The number of carbonyl (C=O) groups is 1. The minimum atomic E-state index is -0.0233. The molecule has 0 bridgehead atoms. The van der Waals surface area contributed by atoms with E-state index in [1.165, 1.54) is 0 Å². The number of Topliss-reactive ketones (excluding diaryl/α,β-unsaturated/α-hetero) is 1. The van der Waals surface area contributed by atoms with Gasteiger partial charge in [-0.3, -0.25) is 4.79 Å². The molecule has 2 aromatic rings. The molecule has 0 fully saturated rings. The van der Waals surface area contributed by atoms with Crippen LogP contribution >= 0.6 is 15.9 Å². The number of ketones is 1. The van der Waals surface area contributed by atoms with Gasteiger partial charge in [-0.15, -0.1) is 0 Å². The molecule has 0 saturated heterocycles. The van der Waals surface area contributed by atoms with Gasteiger partial charge in [0, 0.05) is 22.7 Å². The molecule has 0 atom stereocenters. The summed E-state index contributed by atoms with van der Waals surface area (Å²) >= 11 is 3.47. The van der Waals surface area contributed by atoms with Gasteiger partial charge < -0.3 is 0 Å². The lowest BCUT2D eigenvalue weighted by molar-refractivity contribution is 0.0910. The first-order valence-electron chi connectivity index (χ1n) is 7.01. The highest BCUT2D eigenvalue weighted by Crippen LogP contribution is 2.34. The number of rotatable bonds is 1. The molecule has 1 aromatic heterocycles. The summed E-state index contributed by atoms with van der Waals surface area (Å²) in [6.07, 6.45) is 3.08. The summed E-state index contributed by atoms with van der Waals surface area (Å²) in [6, 6.07) is 6.05. The molecule has 1 aromatic carbocycles. The molecular weight excluding hydrogens is 328 g/mol. The highest BCUT2D eigenvalue weighted by molar-refractivity contribution is 9.10. The van der Waals surface area contributed by atoms with Crippen molar-refractivity contribution in [2.75, 3.05) is 0 Å². The van der Waals surface area contributed by atoms with E-state index in [1.54, 1.807) is 6.20 Å². The van der Waals surface area contributed by atoms with Gasteiger partial charge in [0.15, 0.2) is 11.6 Å². The lowest BCUT2D eigenvalue weighted by Crippen LogP contribution is -2.28. The Morgan fingerprint density at radius 1 is 1.19 bits per heavy atom. The van der Waals surface area contributed by atoms with Crippen LogP contribution in [-0.2, 0) is 6.42 Å². The number of halogens is 1. The molecule has 1 aliphatic rings. The number of hydrogen-bond donors (Lipinski definition) is 0. The molecule has 0 aliphatic heterocycles. The van der Waals surface area contributed by atoms with E-state index >= 15 is 0 Å². The fourth-order valence-electron chi connectivity index (χ4n) is 2.84. The number of hydrogen-bond acceptors (Lipinski definition) is 3. The van der Waals surface area contributed by atoms with Gasteiger partial charge in [0.25, 0.3) is 0 Å². The fraction of sp³-hybridized carbons (Fsp3) is 0.353. The summed E-state index contributed by atoms with van der Waals surface area (Å²) in [6.45, 7) is 6.26. The second-order valence-electron chi connectivity index (χ2n) is 6.45. The Balaban J connectivity index is 2.09. The average Bonchev–Trinajstić information content (AvgIpc) is 2.36. The third-order valence-electron chi connectivity index (χ3n) is 3.88. The van der Waals surface area contributed by atoms with Crippen molar-refractivity contribution in [3.05, 3.63) is 45.7 Å². The minimum absolute atomic E-state index is 0.0233. The van der Waals surface area contributed by atoms with E-state index in [0.29, 0.717) is 17.8 Å². The number of nitrogens with zero attached hydrogens (tertiary/aromatic N) is 2. The van der Waals surface area contributed by atoms with Crippen LogP contribution in [0.15, 0.2) is 28.9 Å². The molecule has 4 heteroatoms. The Morgan fingerprint density at radius 2 is 1.95 bits per heavy atom. The molecular formula is C17H17BrN2O. The minimum Gasteiger partial charge on any atom is -0.294 e. The first-order valence-corrected chi connectivity index (χ1v) is 7.81. The SMILES string of the molecule is Cc1cc(Br)ccc1-c1ncc2c(n1)CC(C)(C)CC2=O. The normalized spacial score (nSPS) is 16.7. The van der Waals surface area contributed by atoms with Crippen molar-refractivity contribution in [3.8, 4) is 11.4 Å². The Bertz CT molecular complexity index is 738. The summed E-state index contributed by atoms with van der Waals surface area (Å²) in [5.41, 5.74) is 3.67. The standard InChI is InChI=1S/C17H17BrN2O/c1-10-6-11(18)4-5-12(10)16-19-9-13-14(20-16)7-17(2,3)8-15(13)21/h4-6,9H,7-8H2,1-3H3. The third kappa shape index (κ3) is 2.77. The predicted molar refractivity (Wildman–Crippen MR) is 86.3 cm³/mol. The second-order valence-corrected chi connectivity index (χ2v) is 7.37. The molecule has 1 heterocycles. The lowest BCUT2D eigenvalue weighted by atomic mass is 9.76. The zero-order chi connectivity index (χ0) is 15.2. The maximum Gasteiger partial charge on any atom is 0.166 e. The van der Waals surface area contributed by atoms with E-state index in [-0.39, 0.29) is 11.2 Å². The highest BCUT2D eigenvalue weighted by Gasteiger charge is 2.32. The van der Waals surface area contributed by atoms with Crippen molar-refractivity contribution in [3.63, 3.8) is 0 Å².